The first-order chi connectivity index (χ1) is 14.8. The predicted molar refractivity (Wildman–Crippen MR) is 120 cm³/mol. The van der Waals surface area contributed by atoms with Crippen molar-refractivity contribution in [3.63, 3.8) is 0 Å². The van der Waals surface area contributed by atoms with Gasteiger partial charge in [-0.2, -0.15) is 0 Å². The largest absolute Gasteiger partial charge is 0.341 e. The molecule has 1 fully saturated rings. The number of nitrogens with one attached hydrogen (secondary N) is 1. The maximum atomic E-state index is 13.1. The molecule has 0 aliphatic carbocycles. The van der Waals surface area contributed by atoms with Crippen molar-refractivity contribution in [3.05, 3.63) is 59.8 Å². The Bertz CT molecular complexity index is 1230. The summed E-state index contributed by atoms with van der Waals surface area (Å²) in [7, 11) is -3.93. The van der Waals surface area contributed by atoms with E-state index in [1.54, 1.807) is 58.0 Å². The SMILES string of the molecule is O=C(CS(=O)(=O)c1cn(CC(=O)N2CCCC2)c2ccccc12)Nc1ccc(Cl)cc1. The van der Waals surface area contributed by atoms with Gasteiger partial charge in [0.05, 0.1) is 4.90 Å². The van der Waals surface area contributed by atoms with Crippen molar-refractivity contribution in [1.82, 2.24) is 9.47 Å². The standard InChI is InChI=1S/C22H22ClN3O4S/c23-16-7-9-17(10-8-16)24-21(27)15-31(29,30)20-13-26(19-6-2-1-5-18(19)20)14-22(28)25-11-3-4-12-25/h1-2,5-10,13H,3-4,11-12,14-15H2,(H,24,27). The molecule has 4 rings (SSSR count). The number of fused-ring (bicyclic) bond motifs is 1. The van der Waals surface area contributed by atoms with Gasteiger partial charge >= 0.3 is 0 Å². The fourth-order valence-electron chi connectivity index (χ4n) is 3.78. The Morgan fingerprint density at radius 2 is 1.68 bits per heavy atom. The zero-order valence-electron chi connectivity index (χ0n) is 16.8. The van der Waals surface area contributed by atoms with E-state index in [-0.39, 0.29) is 17.3 Å². The van der Waals surface area contributed by atoms with Crippen LogP contribution in [0.2, 0.25) is 5.02 Å². The van der Waals surface area contributed by atoms with E-state index in [1.807, 2.05) is 0 Å². The summed E-state index contributed by atoms with van der Waals surface area (Å²) in [6, 6.07) is 13.4. The molecule has 2 amide bonds. The maximum absolute atomic E-state index is 13.1. The van der Waals surface area contributed by atoms with E-state index in [4.69, 9.17) is 11.6 Å². The van der Waals surface area contributed by atoms with E-state index in [9.17, 15) is 18.0 Å². The minimum atomic E-state index is -3.93. The van der Waals surface area contributed by atoms with E-state index in [2.05, 4.69) is 5.32 Å². The van der Waals surface area contributed by atoms with E-state index in [1.165, 1.54) is 6.20 Å². The molecule has 2 heterocycles. The number of hydrogen-bond donors (Lipinski definition) is 1. The number of para-hydroxylation sites is 1. The van der Waals surface area contributed by atoms with Gasteiger partial charge in [0, 0.05) is 40.9 Å². The number of rotatable bonds is 6. The Hall–Kier alpha value is -2.84. The van der Waals surface area contributed by atoms with Crippen LogP contribution in [0.25, 0.3) is 10.9 Å². The molecule has 0 spiro atoms. The minimum Gasteiger partial charge on any atom is -0.341 e. The molecule has 1 aliphatic heterocycles. The van der Waals surface area contributed by atoms with Gasteiger partial charge in [0.1, 0.15) is 12.3 Å². The molecule has 1 aromatic heterocycles. The first-order valence-electron chi connectivity index (χ1n) is 9.97. The molecule has 1 aliphatic rings. The number of amides is 2. The lowest BCUT2D eigenvalue weighted by Gasteiger charge is -2.15. The molecule has 0 radical (unpaired) electrons. The second-order valence-corrected chi connectivity index (χ2v) is 9.93. The Morgan fingerprint density at radius 1 is 1.00 bits per heavy atom. The molecule has 2 aromatic carbocycles. The first kappa shape index (κ1) is 21.4. The number of carbonyl (C=O) groups is 2. The summed E-state index contributed by atoms with van der Waals surface area (Å²) in [5.74, 6) is -1.39. The quantitative estimate of drug-likeness (QED) is 0.612. The van der Waals surface area contributed by atoms with E-state index in [0.717, 1.165) is 25.9 Å². The van der Waals surface area contributed by atoms with Crippen LogP contribution < -0.4 is 5.32 Å². The van der Waals surface area contributed by atoms with Gasteiger partial charge in [-0.05, 0) is 43.2 Å². The molecule has 7 nitrogen and oxygen atoms in total. The van der Waals surface area contributed by atoms with Crippen LogP contribution in [0.4, 0.5) is 5.69 Å². The number of nitrogens with zero attached hydrogens (tertiary/aromatic N) is 2. The molecule has 31 heavy (non-hydrogen) atoms. The molecule has 0 atom stereocenters. The van der Waals surface area contributed by atoms with Gasteiger partial charge in [-0.3, -0.25) is 9.59 Å². The first-order valence-corrected chi connectivity index (χ1v) is 12.0. The third-order valence-electron chi connectivity index (χ3n) is 5.30. The zero-order valence-corrected chi connectivity index (χ0v) is 18.3. The normalized spacial score (nSPS) is 14.2. The zero-order chi connectivity index (χ0) is 22.0. The van der Waals surface area contributed by atoms with Crippen LogP contribution in [-0.2, 0) is 26.0 Å². The van der Waals surface area contributed by atoms with Gasteiger partial charge in [0.15, 0.2) is 9.84 Å². The molecule has 162 valence electrons. The monoisotopic (exact) mass is 459 g/mol. The van der Waals surface area contributed by atoms with Gasteiger partial charge in [0.25, 0.3) is 0 Å². The van der Waals surface area contributed by atoms with E-state index in [0.29, 0.717) is 21.6 Å². The summed E-state index contributed by atoms with van der Waals surface area (Å²) in [6.45, 7) is 1.52. The van der Waals surface area contributed by atoms with Crippen LogP contribution in [0.3, 0.4) is 0 Å². The minimum absolute atomic E-state index is 0.0392. The van der Waals surface area contributed by atoms with E-state index < -0.39 is 21.5 Å². The lowest BCUT2D eigenvalue weighted by atomic mass is 10.2. The Labute approximate surface area is 185 Å². The number of aromatic nitrogens is 1. The number of hydrogen-bond acceptors (Lipinski definition) is 4. The van der Waals surface area contributed by atoms with Crippen molar-refractivity contribution in [3.8, 4) is 0 Å². The van der Waals surface area contributed by atoms with Crippen molar-refractivity contribution in [1.29, 1.82) is 0 Å². The van der Waals surface area contributed by atoms with Crippen LogP contribution in [-0.4, -0.2) is 48.5 Å². The number of carbonyl (C=O) groups excluding carboxylic acids is 2. The maximum Gasteiger partial charge on any atom is 0.242 e. The summed E-state index contributed by atoms with van der Waals surface area (Å²) in [5.41, 5.74) is 1.11. The summed E-state index contributed by atoms with van der Waals surface area (Å²) in [5, 5.41) is 3.59. The van der Waals surface area contributed by atoms with Gasteiger partial charge < -0.3 is 14.8 Å². The smallest absolute Gasteiger partial charge is 0.242 e. The van der Waals surface area contributed by atoms with Gasteiger partial charge in [0.2, 0.25) is 11.8 Å². The second kappa shape index (κ2) is 8.72. The van der Waals surface area contributed by atoms with E-state index >= 15 is 0 Å². The van der Waals surface area contributed by atoms with Gasteiger partial charge in [-0.25, -0.2) is 8.42 Å². The Balaban J connectivity index is 1.58. The highest BCUT2D eigenvalue weighted by Gasteiger charge is 2.26. The highest BCUT2D eigenvalue weighted by molar-refractivity contribution is 7.92. The number of likely N-dealkylation sites (tertiary alicyclic amines) is 1. The van der Waals surface area contributed by atoms with Crippen LogP contribution in [0, 0.1) is 0 Å². The molecule has 1 N–H and O–H groups in total. The molecular formula is C22H22ClN3O4S. The Kier molecular flexibility index (Phi) is 6.02. The predicted octanol–water partition coefficient (Wildman–Crippen LogP) is 3.33. The molecule has 0 saturated carbocycles. The summed E-state index contributed by atoms with van der Waals surface area (Å²) in [4.78, 5) is 26.8. The van der Waals surface area contributed by atoms with Crippen molar-refractivity contribution < 1.29 is 18.0 Å². The van der Waals surface area contributed by atoms with Crippen molar-refractivity contribution in [2.75, 3.05) is 24.2 Å². The number of benzene rings is 2. The van der Waals surface area contributed by atoms with Gasteiger partial charge in [-0.1, -0.05) is 29.8 Å². The van der Waals surface area contributed by atoms with Crippen LogP contribution in [0.15, 0.2) is 59.6 Å². The fraction of sp³-hybridized carbons (Fsp3) is 0.273. The summed E-state index contributed by atoms with van der Waals surface area (Å²) >= 11 is 5.83. The van der Waals surface area contributed by atoms with Crippen LogP contribution >= 0.6 is 11.6 Å². The second-order valence-electron chi connectivity index (χ2n) is 7.54. The average molecular weight is 460 g/mol. The highest BCUT2D eigenvalue weighted by Crippen LogP contribution is 2.27. The lowest BCUT2D eigenvalue weighted by Crippen LogP contribution is -2.30. The molecular weight excluding hydrogens is 438 g/mol. The van der Waals surface area contributed by atoms with Gasteiger partial charge in [-0.15, -0.1) is 0 Å². The summed E-state index contributed by atoms with van der Waals surface area (Å²) in [6.07, 6.45) is 3.44. The third kappa shape index (κ3) is 4.75. The van der Waals surface area contributed by atoms with Crippen molar-refractivity contribution in [2.24, 2.45) is 0 Å². The molecule has 1 saturated heterocycles. The molecule has 9 heteroatoms. The molecule has 3 aromatic rings. The summed E-state index contributed by atoms with van der Waals surface area (Å²) < 4.78 is 27.8. The highest BCUT2D eigenvalue weighted by atomic mass is 35.5. The van der Waals surface area contributed by atoms with Crippen LogP contribution in [0.1, 0.15) is 12.8 Å². The number of sulfone groups is 1. The topological polar surface area (TPSA) is 88.5 Å². The third-order valence-corrected chi connectivity index (χ3v) is 7.19. The molecule has 0 bridgehead atoms. The fourth-order valence-corrected chi connectivity index (χ4v) is 5.28. The number of halogens is 1. The average Bonchev–Trinajstić information content (AvgIpc) is 3.38. The van der Waals surface area contributed by atoms with Crippen LogP contribution in [0.5, 0.6) is 0 Å². The number of anilines is 1. The lowest BCUT2D eigenvalue weighted by molar-refractivity contribution is -0.130. The molecule has 0 unspecified atom stereocenters. The van der Waals surface area contributed by atoms with Crippen molar-refractivity contribution >= 4 is 49.8 Å². The van der Waals surface area contributed by atoms with Crippen molar-refractivity contribution in [2.45, 2.75) is 24.3 Å². The Morgan fingerprint density at radius 3 is 2.39 bits per heavy atom.